The van der Waals surface area contributed by atoms with Crippen molar-refractivity contribution in [3.63, 3.8) is 0 Å². The molecule has 4 heteroatoms. The van der Waals surface area contributed by atoms with Gasteiger partial charge in [-0.05, 0) is 31.6 Å². The number of likely N-dealkylation sites (N-methyl/N-ethyl adjacent to an activating group) is 1. The maximum atomic E-state index is 11.3. The average Bonchev–Trinajstić information content (AvgIpc) is 2.00. The Labute approximate surface area is 81.2 Å². The molecule has 0 heterocycles. The highest BCUT2D eigenvalue weighted by molar-refractivity contribution is 6.69. The number of rotatable bonds is 5. The molecular formula is C9H18NO2Si. The molecule has 0 atom stereocenters. The van der Waals surface area contributed by atoms with Crippen molar-refractivity contribution in [2.24, 2.45) is 0 Å². The molecule has 0 rings (SSSR count). The van der Waals surface area contributed by atoms with E-state index in [4.69, 9.17) is 0 Å². The summed E-state index contributed by atoms with van der Waals surface area (Å²) in [5.74, 6) is -0.0784. The van der Waals surface area contributed by atoms with Gasteiger partial charge in [-0.25, -0.2) is 0 Å². The quantitative estimate of drug-likeness (QED) is 0.491. The first-order valence-electron chi connectivity index (χ1n) is 4.45. The number of nitrogens with zero attached hydrogens (tertiary/aromatic N) is 1. The van der Waals surface area contributed by atoms with E-state index in [9.17, 15) is 9.59 Å². The van der Waals surface area contributed by atoms with Crippen LogP contribution in [-0.2, 0) is 9.59 Å². The first kappa shape index (κ1) is 12.4. The minimum atomic E-state index is -2.18. The van der Waals surface area contributed by atoms with Crippen LogP contribution in [0.5, 0.6) is 0 Å². The van der Waals surface area contributed by atoms with Crippen molar-refractivity contribution in [2.45, 2.75) is 25.6 Å². The van der Waals surface area contributed by atoms with Crippen molar-refractivity contribution in [3.8, 4) is 0 Å². The zero-order valence-corrected chi connectivity index (χ0v) is 9.67. The smallest absolute Gasteiger partial charge is 0.245 e. The summed E-state index contributed by atoms with van der Waals surface area (Å²) in [6, 6.07) is 0.724. The molecule has 1 radical (unpaired) electrons. The van der Waals surface area contributed by atoms with Gasteiger partial charge in [-0.15, -0.1) is 0 Å². The number of carbonyl (C=O) groups excluding carboxylic acids is 1. The molecule has 0 saturated carbocycles. The Bertz CT molecular complexity index is 187. The summed E-state index contributed by atoms with van der Waals surface area (Å²) in [7, 11) is -0.457. The van der Waals surface area contributed by atoms with Crippen molar-refractivity contribution in [2.75, 3.05) is 13.6 Å². The van der Waals surface area contributed by atoms with Gasteiger partial charge >= 0.3 is 0 Å². The van der Waals surface area contributed by atoms with Crippen LogP contribution in [0.15, 0.2) is 12.7 Å². The van der Waals surface area contributed by atoms with E-state index in [-0.39, 0.29) is 5.91 Å². The monoisotopic (exact) mass is 200 g/mol. The van der Waals surface area contributed by atoms with Gasteiger partial charge in [0.1, 0.15) is 0 Å². The summed E-state index contributed by atoms with van der Waals surface area (Å²) in [4.78, 5) is 23.9. The lowest BCUT2D eigenvalue weighted by Gasteiger charge is -2.16. The molecule has 0 N–H and O–H groups in total. The molecule has 0 bridgehead atoms. The van der Waals surface area contributed by atoms with Crippen LogP contribution in [0.1, 0.15) is 6.42 Å². The lowest BCUT2D eigenvalue weighted by Crippen LogP contribution is -2.29. The van der Waals surface area contributed by atoms with E-state index < -0.39 is 8.32 Å². The highest BCUT2D eigenvalue weighted by Crippen LogP contribution is 2.08. The molecule has 0 saturated heterocycles. The highest BCUT2D eigenvalue weighted by atomic mass is 28.4. The normalized spacial score (nSPS) is 11.1. The fourth-order valence-corrected chi connectivity index (χ4v) is 2.02. The van der Waals surface area contributed by atoms with E-state index >= 15 is 0 Å². The molecular weight excluding hydrogens is 182 g/mol. The largest absolute Gasteiger partial charge is 0.342 e. The van der Waals surface area contributed by atoms with E-state index in [0.717, 1.165) is 12.5 Å². The van der Waals surface area contributed by atoms with Gasteiger partial charge in [0.05, 0.1) is 0 Å². The maximum absolute atomic E-state index is 11.3. The predicted octanol–water partition coefficient (Wildman–Crippen LogP) is 1.66. The fraction of sp³-hybridized carbons (Fsp3) is 0.667. The van der Waals surface area contributed by atoms with Gasteiger partial charge in [0, 0.05) is 13.6 Å². The van der Waals surface area contributed by atoms with Gasteiger partial charge in [-0.1, -0.05) is 6.58 Å². The molecule has 0 unspecified atom stereocenters. The van der Waals surface area contributed by atoms with Gasteiger partial charge in [0.15, 0.2) is 0 Å². The van der Waals surface area contributed by atoms with Crippen LogP contribution >= 0.6 is 0 Å². The molecule has 0 spiro atoms. The molecule has 0 aliphatic carbocycles. The minimum Gasteiger partial charge on any atom is -0.342 e. The van der Waals surface area contributed by atoms with Crippen LogP contribution in [0.4, 0.5) is 0 Å². The Hall–Kier alpha value is -0.613. The summed E-state index contributed by atoms with van der Waals surface area (Å²) in [5, 5.41) is 0. The SMILES string of the molecule is C=CC(=O)N(C)CCC[Si](C)(C)[O]. The van der Waals surface area contributed by atoms with E-state index in [2.05, 4.69) is 6.58 Å². The third-order valence-corrected chi connectivity index (χ3v) is 3.38. The van der Waals surface area contributed by atoms with E-state index in [1.165, 1.54) is 6.08 Å². The third kappa shape index (κ3) is 6.54. The van der Waals surface area contributed by atoms with Gasteiger partial charge in [0.2, 0.25) is 14.2 Å². The van der Waals surface area contributed by atoms with E-state index in [1.807, 2.05) is 0 Å². The Morgan fingerprint density at radius 1 is 1.54 bits per heavy atom. The number of carbonyl (C=O) groups is 1. The summed E-state index contributed by atoms with van der Waals surface area (Å²) in [5.41, 5.74) is 0. The van der Waals surface area contributed by atoms with E-state index in [0.29, 0.717) is 6.54 Å². The standard InChI is InChI=1S/C9H18NO2Si/c1-5-9(11)10(2)7-6-8-13(3,4)12/h5H,1,6-8H2,2-4H3. The van der Waals surface area contributed by atoms with Crippen LogP contribution in [-0.4, -0.2) is 32.7 Å². The molecule has 3 nitrogen and oxygen atoms in total. The zero-order chi connectivity index (χ0) is 10.5. The van der Waals surface area contributed by atoms with Gasteiger partial charge in [0.25, 0.3) is 0 Å². The molecule has 0 aromatic carbocycles. The lowest BCUT2D eigenvalue weighted by atomic mass is 10.4. The lowest BCUT2D eigenvalue weighted by molar-refractivity contribution is -0.124. The van der Waals surface area contributed by atoms with Crippen molar-refractivity contribution >= 4 is 14.2 Å². The summed E-state index contributed by atoms with van der Waals surface area (Å²) >= 11 is 0. The third-order valence-electron chi connectivity index (χ3n) is 1.82. The Morgan fingerprint density at radius 2 is 2.08 bits per heavy atom. The number of hydrogen-bond donors (Lipinski definition) is 0. The second kappa shape index (κ2) is 5.19. The molecule has 75 valence electrons. The average molecular weight is 200 g/mol. The summed E-state index contributed by atoms with van der Waals surface area (Å²) < 4.78 is 0. The van der Waals surface area contributed by atoms with Crippen LogP contribution in [0.2, 0.25) is 19.1 Å². The minimum absolute atomic E-state index is 0.0784. The fourth-order valence-electron chi connectivity index (χ4n) is 1.01. The first-order valence-corrected chi connectivity index (χ1v) is 7.56. The zero-order valence-electron chi connectivity index (χ0n) is 8.67. The molecule has 0 aromatic rings. The van der Waals surface area contributed by atoms with Gasteiger partial charge in [-0.2, -0.15) is 0 Å². The van der Waals surface area contributed by atoms with Crippen LogP contribution in [0.3, 0.4) is 0 Å². The van der Waals surface area contributed by atoms with Crippen LogP contribution in [0, 0.1) is 0 Å². The predicted molar refractivity (Wildman–Crippen MR) is 55.4 cm³/mol. The number of amides is 1. The Balaban J connectivity index is 3.65. The van der Waals surface area contributed by atoms with Gasteiger partial charge in [-0.3, -0.25) is 9.59 Å². The molecule has 13 heavy (non-hydrogen) atoms. The molecule has 0 fully saturated rings. The number of hydrogen-bond acceptors (Lipinski definition) is 1. The highest BCUT2D eigenvalue weighted by Gasteiger charge is 2.19. The van der Waals surface area contributed by atoms with Gasteiger partial charge < -0.3 is 4.90 Å². The molecule has 0 aliphatic heterocycles. The van der Waals surface area contributed by atoms with Crippen LogP contribution in [0.25, 0.3) is 0 Å². The Kier molecular flexibility index (Phi) is 4.94. The second-order valence-corrected chi connectivity index (χ2v) is 7.85. The maximum Gasteiger partial charge on any atom is 0.245 e. The van der Waals surface area contributed by atoms with E-state index in [1.54, 1.807) is 25.0 Å². The van der Waals surface area contributed by atoms with Crippen molar-refractivity contribution < 1.29 is 9.59 Å². The second-order valence-electron chi connectivity index (χ2n) is 3.83. The van der Waals surface area contributed by atoms with Crippen LogP contribution < -0.4 is 0 Å². The molecule has 0 aromatic heterocycles. The molecule has 1 amide bonds. The summed E-state index contributed by atoms with van der Waals surface area (Å²) in [6.45, 7) is 7.64. The molecule has 0 aliphatic rings. The Morgan fingerprint density at radius 3 is 2.46 bits per heavy atom. The summed E-state index contributed by atoms with van der Waals surface area (Å²) in [6.07, 6.45) is 2.10. The van der Waals surface area contributed by atoms with Crippen molar-refractivity contribution in [1.29, 1.82) is 0 Å². The first-order chi connectivity index (χ1) is 5.87. The van der Waals surface area contributed by atoms with Crippen molar-refractivity contribution in [3.05, 3.63) is 12.7 Å². The topological polar surface area (TPSA) is 40.2 Å². The van der Waals surface area contributed by atoms with Crippen molar-refractivity contribution in [1.82, 2.24) is 4.90 Å².